The average Bonchev–Trinajstić information content (AvgIpc) is 2.60. The Balaban J connectivity index is 2.27. The van der Waals surface area contributed by atoms with Gasteiger partial charge < -0.3 is 15.7 Å². The summed E-state index contributed by atoms with van der Waals surface area (Å²) in [4.78, 5) is 23.8. The van der Waals surface area contributed by atoms with E-state index < -0.39 is 12.0 Å². The lowest BCUT2D eigenvalue weighted by Crippen LogP contribution is -2.34. The largest absolute Gasteiger partial charge is 0.480 e. The van der Waals surface area contributed by atoms with E-state index in [2.05, 4.69) is 6.92 Å². The molecule has 5 heteroatoms. The van der Waals surface area contributed by atoms with Crippen molar-refractivity contribution in [1.29, 1.82) is 0 Å². The van der Waals surface area contributed by atoms with E-state index in [-0.39, 0.29) is 18.7 Å². The van der Waals surface area contributed by atoms with Gasteiger partial charge in [-0.15, -0.1) is 0 Å². The fourth-order valence-electron chi connectivity index (χ4n) is 1.72. The predicted octanol–water partition coefficient (Wildman–Crippen LogP) is 0.0469. The number of aliphatic carboxylic acids is 1. The molecule has 2 atom stereocenters. The van der Waals surface area contributed by atoms with Crippen LogP contribution in [0.2, 0.25) is 0 Å². The Labute approximate surface area is 89.2 Å². The van der Waals surface area contributed by atoms with Gasteiger partial charge in [0, 0.05) is 19.5 Å². The molecular weight excluding hydrogens is 196 g/mol. The predicted molar refractivity (Wildman–Crippen MR) is 55.2 cm³/mol. The molecule has 1 fully saturated rings. The minimum absolute atomic E-state index is 0.0241. The number of rotatable bonds is 4. The molecule has 0 saturated carbocycles. The molecule has 1 aliphatic rings. The summed E-state index contributed by atoms with van der Waals surface area (Å²) in [6.07, 6.45) is 1.50. The summed E-state index contributed by atoms with van der Waals surface area (Å²) in [6.45, 7) is 3.69. The Bertz CT molecular complexity index is 255. The van der Waals surface area contributed by atoms with Crippen LogP contribution in [0.5, 0.6) is 0 Å². The SMILES string of the molecule is CC1CCN(C(=O)CC[C@H](N)C(=O)O)C1. The summed E-state index contributed by atoms with van der Waals surface area (Å²) in [5.74, 6) is -0.462. The molecule has 1 unspecified atom stereocenters. The van der Waals surface area contributed by atoms with Gasteiger partial charge in [0.15, 0.2) is 0 Å². The van der Waals surface area contributed by atoms with Crippen LogP contribution in [0.1, 0.15) is 26.2 Å². The van der Waals surface area contributed by atoms with Crippen LogP contribution in [-0.4, -0.2) is 41.0 Å². The Kier molecular flexibility index (Phi) is 4.08. The van der Waals surface area contributed by atoms with Crippen molar-refractivity contribution in [3.05, 3.63) is 0 Å². The number of carboxylic acids is 1. The van der Waals surface area contributed by atoms with Crippen LogP contribution in [-0.2, 0) is 9.59 Å². The fourth-order valence-corrected chi connectivity index (χ4v) is 1.72. The van der Waals surface area contributed by atoms with E-state index >= 15 is 0 Å². The third-order valence-electron chi connectivity index (χ3n) is 2.76. The summed E-state index contributed by atoms with van der Waals surface area (Å²) >= 11 is 0. The second-order valence-corrected chi connectivity index (χ2v) is 4.22. The lowest BCUT2D eigenvalue weighted by molar-refractivity contribution is -0.139. The topological polar surface area (TPSA) is 83.6 Å². The molecule has 0 bridgehead atoms. The van der Waals surface area contributed by atoms with Crippen LogP contribution in [0, 0.1) is 5.92 Å². The van der Waals surface area contributed by atoms with E-state index in [0.717, 1.165) is 19.5 Å². The maximum absolute atomic E-state index is 11.6. The smallest absolute Gasteiger partial charge is 0.320 e. The standard InChI is InChI=1S/C10H18N2O3/c1-7-4-5-12(6-7)9(13)3-2-8(11)10(14)15/h7-8H,2-6,11H2,1H3,(H,14,15)/t7?,8-/m0/s1. The van der Waals surface area contributed by atoms with Crippen molar-refractivity contribution < 1.29 is 14.7 Å². The molecule has 15 heavy (non-hydrogen) atoms. The van der Waals surface area contributed by atoms with Crippen LogP contribution in [0.25, 0.3) is 0 Å². The van der Waals surface area contributed by atoms with Gasteiger partial charge in [0.25, 0.3) is 0 Å². The average molecular weight is 214 g/mol. The number of hydrogen-bond acceptors (Lipinski definition) is 3. The van der Waals surface area contributed by atoms with Crippen molar-refractivity contribution in [1.82, 2.24) is 4.90 Å². The molecule has 1 amide bonds. The van der Waals surface area contributed by atoms with Gasteiger partial charge in [-0.3, -0.25) is 9.59 Å². The molecule has 0 aromatic rings. The number of carbonyl (C=O) groups is 2. The number of nitrogens with two attached hydrogens (primary N) is 1. The molecule has 3 N–H and O–H groups in total. The number of carboxylic acid groups (broad SMARTS) is 1. The van der Waals surface area contributed by atoms with E-state index in [1.54, 1.807) is 4.90 Å². The van der Waals surface area contributed by atoms with E-state index in [9.17, 15) is 9.59 Å². The molecule has 86 valence electrons. The van der Waals surface area contributed by atoms with Crippen molar-refractivity contribution in [3.8, 4) is 0 Å². The molecule has 0 spiro atoms. The minimum atomic E-state index is -1.04. The zero-order chi connectivity index (χ0) is 11.4. The zero-order valence-electron chi connectivity index (χ0n) is 8.98. The molecule has 1 rings (SSSR count). The van der Waals surface area contributed by atoms with Crippen LogP contribution in [0.3, 0.4) is 0 Å². The molecule has 5 nitrogen and oxygen atoms in total. The first-order chi connectivity index (χ1) is 7.00. The Morgan fingerprint density at radius 2 is 2.27 bits per heavy atom. The number of likely N-dealkylation sites (tertiary alicyclic amines) is 1. The molecule has 0 aliphatic carbocycles. The minimum Gasteiger partial charge on any atom is -0.480 e. The third-order valence-corrected chi connectivity index (χ3v) is 2.76. The fraction of sp³-hybridized carbons (Fsp3) is 0.800. The molecule has 1 aliphatic heterocycles. The Morgan fingerprint density at radius 3 is 2.73 bits per heavy atom. The van der Waals surface area contributed by atoms with Crippen LogP contribution < -0.4 is 5.73 Å². The highest BCUT2D eigenvalue weighted by Crippen LogP contribution is 2.16. The van der Waals surface area contributed by atoms with Gasteiger partial charge >= 0.3 is 5.97 Å². The van der Waals surface area contributed by atoms with Crippen LogP contribution in [0.15, 0.2) is 0 Å². The lowest BCUT2D eigenvalue weighted by Gasteiger charge is -2.16. The first-order valence-electron chi connectivity index (χ1n) is 5.27. The second-order valence-electron chi connectivity index (χ2n) is 4.22. The van der Waals surface area contributed by atoms with E-state index in [1.807, 2.05) is 0 Å². The highest BCUT2D eigenvalue weighted by Gasteiger charge is 2.23. The molecular formula is C10H18N2O3. The summed E-state index contributed by atoms with van der Waals surface area (Å²) in [6, 6.07) is -0.922. The molecule has 0 aromatic heterocycles. The van der Waals surface area contributed by atoms with Gasteiger partial charge in [0.2, 0.25) is 5.91 Å². The van der Waals surface area contributed by atoms with Crippen LogP contribution in [0.4, 0.5) is 0 Å². The highest BCUT2D eigenvalue weighted by molar-refractivity contribution is 5.78. The first kappa shape index (κ1) is 12.0. The van der Waals surface area contributed by atoms with Gasteiger partial charge in [-0.25, -0.2) is 0 Å². The van der Waals surface area contributed by atoms with E-state index in [0.29, 0.717) is 5.92 Å². The number of amides is 1. The quantitative estimate of drug-likeness (QED) is 0.692. The van der Waals surface area contributed by atoms with Gasteiger partial charge in [0.05, 0.1) is 0 Å². The van der Waals surface area contributed by atoms with E-state index in [1.165, 1.54) is 0 Å². The van der Waals surface area contributed by atoms with Crippen molar-refractivity contribution in [2.45, 2.75) is 32.2 Å². The summed E-state index contributed by atoms with van der Waals surface area (Å²) in [5.41, 5.74) is 5.32. The molecule has 1 saturated heterocycles. The van der Waals surface area contributed by atoms with Crippen LogP contribution >= 0.6 is 0 Å². The first-order valence-corrected chi connectivity index (χ1v) is 5.27. The Morgan fingerprint density at radius 1 is 1.60 bits per heavy atom. The zero-order valence-corrected chi connectivity index (χ0v) is 8.98. The highest BCUT2D eigenvalue weighted by atomic mass is 16.4. The maximum atomic E-state index is 11.6. The van der Waals surface area contributed by atoms with Gasteiger partial charge in [0.1, 0.15) is 6.04 Å². The van der Waals surface area contributed by atoms with Crippen molar-refractivity contribution in [2.75, 3.05) is 13.1 Å². The maximum Gasteiger partial charge on any atom is 0.320 e. The number of hydrogen-bond donors (Lipinski definition) is 2. The van der Waals surface area contributed by atoms with E-state index in [4.69, 9.17) is 10.8 Å². The van der Waals surface area contributed by atoms with Crippen molar-refractivity contribution >= 4 is 11.9 Å². The van der Waals surface area contributed by atoms with Gasteiger partial charge in [-0.1, -0.05) is 6.92 Å². The summed E-state index contributed by atoms with van der Waals surface area (Å²) < 4.78 is 0. The monoisotopic (exact) mass is 214 g/mol. The molecule has 0 aromatic carbocycles. The van der Waals surface area contributed by atoms with Crippen molar-refractivity contribution in [3.63, 3.8) is 0 Å². The lowest BCUT2D eigenvalue weighted by atomic mass is 10.1. The number of nitrogens with zero attached hydrogens (tertiary/aromatic N) is 1. The summed E-state index contributed by atoms with van der Waals surface area (Å²) in [5, 5.41) is 8.55. The summed E-state index contributed by atoms with van der Waals surface area (Å²) in [7, 11) is 0. The normalized spacial score (nSPS) is 22.8. The van der Waals surface area contributed by atoms with Crippen molar-refractivity contribution in [2.24, 2.45) is 11.7 Å². The number of carbonyl (C=O) groups excluding carboxylic acids is 1. The van der Waals surface area contributed by atoms with Gasteiger partial charge in [-0.2, -0.15) is 0 Å². The Hall–Kier alpha value is -1.10. The second kappa shape index (κ2) is 5.11. The third kappa shape index (κ3) is 3.51. The molecule has 1 heterocycles. The molecule has 0 radical (unpaired) electrons. The van der Waals surface area contributed by atoms with Gasteiger partial charge in [-0.05, 0) is 18.8 Å².